The fraction of sp³-hybridized carbons (Fsp3) is 0.333. The number of pyridine rings is 1. The minimum Gasteiger partial charge on any atom is -1.00 e. The van der Waals surface area contributed by atoms with Crippen molar-refractivity contribution in [3.8, 4) is 0 Å². The van der Waals surface area contributed by atoms with E-state index >= 15 is 0 Å². The zero-order valence-corrected chi connectivity index (χ0v) is 10.5. The van der Waals surface area contributed by atoms with Crippen LogP contribution in [0.15, 0.2) is 24.5 Å². The number of carbonyl (C=O) groups excluding carboxylic acids is 1. The highest BCUT2D eigenvalue weighted by Gasteiger charge is 2.07. The molecule has 0 bridgehead atoms. The van der Waals surface area contributed by atoms with Crippen molar-refractivity contribution >= 4 is 21.7 Å². The molecule has 13 heavy (non-hydrogen) atoms. The molecule has 0 saturated carbocycles. The number of Topliss-reactive ketones (excluding diaryl/α,β-unsaturated/α-hetero) is 1. The maximum Gasteiger partial charge on any atom is 0.179 e. The van der Waals surface area contributed by atoms with Crippen LogP contribution in [0.1, 0.15) is 17.3 Å². The van der Waals surface area contributed by atoms with Crippen LogP contribution in [-0.4, -0.2) is 11.1 Å². The number of hydrogen-bond donors (Lipinski definition) is 0. The lowest BCUT2D eigenvalue weighted by molar-refractivity contribution is -0.693. The molecule has 72 valence electrons. The van der Waals surface area contributed by atoms with Crippen molar-refractivity contribution < 1.29 is 26.3 Å². The molecule has 1 aromatic heterocycles. The number of alkyl halides is 1. The molecule has 1 heterocycles. The lowest BCUT2D eigenvalue weighted by atomic mass is 10.2. The van der Waals surface area contributed by atoms with Gasteiger partial charge in [-0.05, 0) is 13.0 Å². The SMILES string of the molecule is CC[n+]1cccc(C(=O)CBr)c1.[Br-]. The number of nitrogens with zero attached hydrogens (tertiary/aromatic N) is 1. The van der Waals surface area contributed by atoms with Gasteiger partial charge in [0.05, 0.1) is 10.9 Å². The van der Waals surface area contributed by atoms with E-state index in [0.717, 1.165) is 12.1 Å². The summed E-state index contributed by atoms with van der Waals surface area (Å²) in [6.07, 6.45) is 3.81. The molecule has 0 saturated heterocycles. The number of ketones is 1. The van der Waals surface area contributed by atoms with Crippen molar-refractivity contribution in [2.24, 2.45) is 0 Å². The molecule has 0 spiro atoms. The summed E-state index contributed by atoms with van der Waals surface area (Å²) in [6.45, 7) is 2.94. The molecular formula is C9H11Br2NO. The molecule has 1 aromatic rings. The minimum absolute atomic E-state index is 0. The van der Waals surface area contributed by atoms with Gasteiger partial charge in [0.1, 0.15) is 6.54 Å². The Morgan fingerprint density at radius 1 is 1.62 bits per heavy atom. The first-order valence-electron chi connectivity index (χ1n) is 3.86. The Balaban J connectivity index is 0.00000144. The molecular weight excluding hydrogens is 298 g/mol. The Bertz CT molecular complexity index is 289. The van der Waals surface area contributed by atoms with Crippen LogP contribution in [0.2, 0.25) is 0 Å². The first kappa shape index (κ1) is 12.8. The van der Waals surface area contributed by atoms with Crippen molar-refractivity contribution in [2.75, 3.05) is 5.33 Å². The highest BCUT2D eigenvalue weighted by atomic mass is 79.9. The summed E-state index contributed by atoms with van der Waals surface area (Å²) >= 11 is 3.14. The fourth-order valence-corrected chi connectivity index (χ4v) is 1.28. The normalized spacial score (nSPS) is 9.08. The zero-order chi connectivity index (χ0) is 8.97. The largest absolute Gasteiger partial charge is 1.00 e. The predicted molar refractivity (Wildman–Crippen MR) is 50.4 cm³/mol. The van der Waals surface area contributed by atoms with Crippen molar-refractivity contribution in [2.45, 2.75) is 13.5 Å². The quantitative estimate of drug-likeness (QED) is 0.381. The van der Waals surface area contributed by atoms with E-state index < -0.39 is 0 Å². The summed E-state index contributed by atoms with van der Waals surface area (Å²) < 4.78 is 1.98. The highest BCUT2D eigenvalue weighted by molar-refractivity contribution is 9.09. The van der Waals surface area contributed by atoms with Gasteiger partial charge in [0.25, 0.3) is 0 Å². The van der Waals surface area contributed by atoms with E-state index in [2.05, 4.69) is 15.9 Å². The van der Waals surface area contributed by atoms with Gasteiger partial charge < -0.3 is 17.0 Å². The van der Waals surface area contributed by atoms with Gasteiger partial charge in [-0.3, -0.25) is 4.79 Å². The summed E-state index contributed by atoms with van der Waals surface area (Å²) in [5, 5.41) is 0.390. The summed E-state index contributed by atoms with van der Waals surface area (Å²) in [7, 11) is 0. The van der Waals surface area contributed by atoms with Crippen LogP contribution in [0.4, 0.5) is 0 Å². The van der Waals surface area contributed by atoms with Crippen LogP contribution in [0.3, 0.4) is 0 Å². The van der Waals surface area contributed by atoms with E-state index in [1.54, 1.807) is 0 Å². The maximum atomic E-state index is 11.2. The van der Waals surface area contributed by atoms with Crippen LogP contribution in [0, 0.1) is 0 Å². The maximum absolute atomic E-state index is 11.2. The Hall–Kier alpha value is -0.220. The molecule has 0 aliphatic carbocycles. The first-order valence-corrected chi connectivity index (χ1v) is 4.98. The van der Waals surface area contributed by atoms with Gasteiger partial charge in [0, 0.05) is 6.07 Å². The number of aryl methyl sites for hydroxylation is 1. The summed E-state index contributed by atoms with van der Waals surface area (Å²) in [4.78, 5) is 11.2. The first-order chi connectivity index (χ1) is 5.77. The van der Waals surface area contributed by atoms with Gasteiger partial charge in [-0.15, -0.1) is 0 Å². The molecule has 0 N–H and O–H groups in total. The van der Waals surface area contributed by atoms with E-state index in [4.69, 9.17) is 0 Å². The van der Waals surface area contributed by atoms with Crippen LogP contribution in [0.25, 0.3) is 0 Å². The van der Waals surface area contributed by atoms with Crippen LogP contribution in [-0.2, 0) is 6.54 Å². The topological polar surface area (TPSA) is 20.9 Å². The average Bonchev–Trinajstić information content (AvgIpc) is 2.17. The summed E-state index contributed by atoms with van der Waals surface area (Å²) in [5.41, 5.74) is 0.760. The van der Waals surface area contributed by atoms with E-state index in [9.17, 15) is 4.79 Å². The second-order valence-corrected chi connectivity index (χ2v) is 3.04. The third kappa shape index (κ3) is 3.56. The molecule has 0 aliphatic rings. The molecule has 0 radical (unpaired) electrons. The van der Waals surface area contributed by atoms with Gasteiger partial charge in [-0.2, -0.15) is 0 Å². The molecule has 1 rings (SSSR count). The minimum atomic E-state index is 0. The van der Waals surface area contributed by atoms with Gasteiger partial charge in [0.15, 0.2) is 18.2 Å². The van der Waals surface area contributed by atoms with E-state index in [0.29, 0.717) is 5.33 Å². The molecule has 2 nitrogen and oxygen atoms in total. The molecule has 0 fully saturated rings. The number of hydrogen-bond acceptors (Lipinski definition) is 1. The van der Waals surface area contributed by atoms with Gasteiger partial charge in [0.2, 0.25) is 0 Å². The second kappa shape index (κ2) is 6.27. The third-order valence-electron chi connectivity index (χ3n) is 1.67. The smallest absolute Gasteiger partial charge is 0.179 e. The van der Waals surface area contributed by atoms with Crippen LogP contribution >= 0.6 is 15.9 Å². The summed E-state index contributed by atoms with van der Waals surface area (Å²) in [5.74, 6) is 0.123. The van der Waals surface area contributed by atoms with Gasteiger partial charge >= 0.3 is 0 Å². The standard InChI is InChI=1S/C9H11BrNO.BrH/c1-2-11-5-3-4-8(7-11)9(12)6-10;/h3-5,7H,2,6H2,1H3;1H/q+1;/p-1. The van der Waals surface area contributed by atoms with Crippen LogP contribution < -0.4 is 21.5 Å². The average molecular weight is 309 g/mol. The Morgan fingerprint density at radius 2 is 2.31 bits per heavy atom. The van der Waals surface area contributed by atoms with E-state index in [1.807, 2.05) is 36.0 Å². The molecule has 0 amide bonds. The number of halogens is 2. The van der Waals surface area contributed by atoms with Crippen LogP contribution in [0.5, 0.6) is 0 Å². The van der Waals surface area contributed by atoms with Crippen molar-refractivity contribution in [1.29, 1.82) is 0 Å². The molecule has 0 aliphatic heterocycles. The van der Waals surface area contributed by atoms with E-state index in [1.165, 1.54) is 0 Å². The lowest BCUT2D eigenvalue weighted by Crippen LogP contribution is -3.00. The van der Waals surface area contributed by atoms with E-state index in [-0.39, 0.29) is 22.8 Å². The zero-order valence-electron chi connectivity index (χ0n) is 7.34. The fourth-order valence-electron chi connectivity index (χ4n) is 0.961. The Labute approximate surface area is 96.9 Å². The van der Waals surface area contributed by atoms with Crippen molar-refractivity contribution in [3.05, 3.63) is 30.1 Å². The predicted octanol–water partition coefficient (Wildman–Crippen LogP) is -1.42. The molecule has 0 atom stereocenters. The number of carbonyl (C=O) groups is 1. The number of aromatic nitrogens is 1. The Kier molecular flexibility index (Phi) is 6.16. The van der Waals surface area contributed by atoms with Gasteiger partial charge in [-0.25, -0.2) is 4.57 Å². The molecule has 4 heteroatoms. The van der Waals surface area contributed by atoms with Crippen molar-refractivity contribution in [1.82, 2.24) is 0 Å². The Morgan fingerprint density at radius 3 is 2.85 bits per heavy atom. The highest BCUT2D eigenvalue weighted by Crippen LogP contribution is 1.98. The van der Waals surface area contributed by atoms with Crippen molar-refractivity contribution in [3.63, 3.8) is 0 Å². The molecule has 0 aromatic carbocycles. The summed E-state index contributed by atoms with van der Waals surface area (Å²) in [6, 6.07) is 3.72. The third-order valence-corrected chi connectivity index (χ3v) is 2.18. The molecule has 0 unspecified atom stereocenters. The lowest BCUT2D eigenvalue weighted by Gasteiger charge is -1.95. The monoisotopic (exact) mass is 307 g/mol. The van der Waals surface area contributed by atoms with Gasteiger partial charge in [-0.1, -0.05) is 15.9 Å². The second-order valence-electron chi connectivity index (χ2n) is 2.48. The number of rotatable bonds is 3.